The summed E-state index contributed by atoms with van der Waals surface area (Å²) in [6, 6.07) is 1.96. The van der Waals surface area contributed by atoms with Gasteiger partial charge in [-0.15, -0.1) is 0 Å². The molecule has 5 heteroatoms. The Bertz CT molecular complexity index is 423. The van der Waals surface area contributed by atoms with Crippen molar-refractivity contribution in [1.29, 1.82) is 0 Å². The van der Waals surface area contributed by atoms with E-state index in [9.17, 15) is 13.6 Å². The Morgan fingerprint density at radius 1 is 1.41 bits per heavy atom. The first-order chi connectivity index (χ1) is 7.93. The zero-order chi connectivity index (χ0) is 13.0. The van der Waals surface area contributed by atoms with Crippen LogP contribution in [0.15, 0.2) is 16.6 Å². The monoisotopic (exact) mass is 305 g/mol. The number of anilines is 1. The Morgan fingerprint density at radius 2 is 2.06 bits per heavy atom. The third kappa shape index (κ3) is 4.07. The molecule has 0 saturated carbocycles. The molecule has 0 saturated heterocycles. The zero-order valence-electron chi connectivity index (χ0n) is 9.69. The molecule has 0 heterocycles. The van der Waals surface area contributed by atoms with Gasteiger partial charge in [0.15, 0.2) is 0 Å². The Hall–Kier alpha value is -0.970. The van der Waals surface area contributed by atoms with Crippen molar-refractivity contribution in [3.8, 4) is 0 Å². The van der Waals surface area contributed by atoms with Crippen LogP contribution in [-0.2, 0) is 4.79 Å². The van der Waals surface area contributed by atoms with Gasteiger partial charge in [-0.25, -0.2) is 8.78 Å². The molecule has 1 atom stereocenters. The van der Waals surface area contributed by atoms with Gasteiger partial charge in [-0.2, -0.15) is 0 Å². The lowest BCUT2D eigenvalue weighted by Gasteiger charge is -2.10. The molecule has 0 fully saturated rings. The first kappa shape index (κ1) is 14.1. The molecule has 1 N–H and O–H groups in total. The van der Waals surface area contributed by atoms with Gasteiger partial charge in [0.05, 0.1) is 10.2 Å². The number of nitrogens with one attached hydrogen (secondary N) is 1. The number of amides is 1. The lowest BCUT2D eigenvalue weighted by Crippen LogP contribution is -2.15. The summed E-state index contributed by atoms with van der Waals surface area (Å²) >= 11 is 2.87. The second-order valence-electron chi connectivity index (χ2n) is 4.01. The molecule has 1 rings (SSSR count). The van der Waals surface area contributed by atoms with Crippen LogP contribution in [-0.4, -0.2) is 5.91 Å². The maximum Gasteiger partial charge on any atom is 0.224 e. The van der Waals surface area contributed by atoms with Crippen molar-refractivity contribution in [2.75, 3.05) is 5.32 Å². The molecule has 0 spiro atoms. The molecule has 94 valence electrons. The molecule has 0 aliphatic heterocycles. The quantitative estimate of drug-likeness (QED) is 0.834. The number of benzene rings is 1. The van der Waals surface area contributed by atoms with Gasteiger partial charge in [-0.05, 0) is 27.9 Å². The van der Waals surface area contributed by atoms with E-state index in [0.717, 1.165) is 18.6 Å². The lowest BCUT2D eigenvalue weighted by atomic mass is 10.1. The van der Waals surface area contributed by atoms with Crippen molar-refractivity contribution in [1.82, 2.24) is 0 Å². The van der Waals surface area contributed by atoms with E-state index >= 15 is 0 Å². The number of hydrogen-bond acceptors (Lipinski definition) is 1. The Kier molecular flexibility index (Phi) is 5.05. The van der Waals surface area contributed by atoms with E-state index < -0.39 is 11.6 Å². The van der Waals surface area contributed by atoms with Crippen LogP contribution in [0.1, 0.15) is 26.7 Å². The van der Waals surface area contributed by atoms with Crippen LogP contribution in [0.3, 0.4) is 0 Å². The average molecular weight is 306 g/mol. The van der Waals surface area contributed by atoms with Crippen LogP contribution in [0.2, 0.25) is 0 Å². The SMILES string of the molecule is CCC(C)CC(=O)Nc1cc(F)c(Br)cc1F. The first-order valence-electron chi connectivity index (χ1n) is 5.38. The summed E-state index contributed by atoms with van der Waals surface area (Å²) < 4.78 is 26.6. The Labute approximate surface area is 108 Å². The molecule has 0 bridgehead atoms. The molecule has 1 aromatic rings. The number of hydrogen-bond donors (Lipinski definition) is 1. The second kappa shape index (κ2) is 6.10. The van der Waals surface area contributed by atoms with Crippen molar-refractivity contribution >= 4 is 27.5 Å². The standard InChI is InChI=1S/C12H14BrF2NO/c1-3-7(2)4-12(17)16-11-6-9(14)8(13)5-10(11)15/h5-7H,3-4H2,1-2H3,(H,16,17). The normalized spacial score (nSPS) is 12.3. The fraction of sp³-hybridized carbons (Fsp3) is 0.417. The first-order valence-corrected chi connectivity index (χ1v) is 6.17. The maximum absolute atomic E-state index is 13.4. The van der Waals surface area contributed by atoms with Crippen molar-refractivity contribution < 1.29 is 13.6 Å². The van der Waals surface area contributed by atoms with Crippen molar-refractivity contribution in [3.05, 3.63) is 28.2 Å². The highest BCUT2D eigenvalue weighted by Crippen LogP contribution is 2.23. The topological polar surface area (TPSA) is 29.1 Å². The third-order valence-electron chi connectivity index (χ3n) is 2.51. The van der Waals surface area contributed by atoms with Crippen LogP contribution in [0.5, 0.6) is 0 Å². The average Bonchev–Trinajstić information content (AvgIpc) is 2.25. The Balaban J connectivity index is 2.75. The molecule has 0 aliphatic rings. The van der Waals surface area contributed by atoms with Gasteiger partial charge in [0.25, 0.3) is 0 Å². The Morgan fingerprint density at radius 3 is 2.65 bits per heavy atom. The summed E-state index contributed by atoms with van der Waals surface area (Å²) in [6.07, 6.45) is 1.16. The van der Waals surface area contributed by atoms with Crippen molar-refractivity contribution in [3.63, 3.8) is 0 Å². The summed E-state index contributed by atoms with van der Waals surface area (Å²) in [4.78, 5) is 11.5. The van der Waals surface area contributed by atoms with E-state index in [-0.39, 0.29) is 22.0 Å². The third-order valence-corrected chi connectivity index (χ3v) is 3.12. The number of carbonyl (C=O) groups is 1. The maximum atomic E-state index is 13.4. The molecule has 1 unspecified atom stereocenters. The van der Waals surface area contributed by atoms with Gasteiger partial charge in [0, 0.05) is 12.5 Å². The smallest absolute Gasteiger partial charge is 0.224 e. The molecule has 1 aromatic carbocycles. The van der Waals surface area contributed by atoms with Gasteiger partial charge in [0.2, 0.25) is 5.91 Å². The minimum absolute atomic E-state index is 0.0370. The molecule has 0 aromatic heterocycles. The highest BCUT2D eigenvalue weighted by atomic mass is 79.9. The molecule has 0 radical (unpaired) electrons. The lowest BCUT2D eigenvalue weighted by molar-refractivity contribution is -0.117. The van der Waals surface area contributed by atoms with Gasteiger partial charge in [-0.1, -0.05) is 20.3 Å². The molecule has 2 nitrogen and oxygen atoms in total. The van der Waals surface area contributed by atoms with Crippen LogP contribution in [0, 0.1) is 17.6 Å². The van der Waals surface area contributed by atoms with E-state index in [4.69, 9.17) is 0 Å². The van der Waals surface area contributed by atoms with Gasteiger partial charge < -0.3 is 5.32 Å². The zero-order valence-corrected chi connectivity index (χ0v) is 11.3. The fourth-order valence-corrected chi connectivity index (χ4v) is 1.60. The van der Waals surface area contributed by atoms with E-state index in [1.165, 1.54) is 0 Å². The van der Waals surface area contributed by atoms with Crippen LogP contribution < -0.4 is 5.32 Å². The molecule has 17 heavy (non-hydrogen) atoms. The molecular weight excluding hydrogens is 292 g/mol. The van der Waals surface area contributed by atoms with Crippen molar-refractivity contribution in [2.24, 2.45) is 5.92 Å². The number of rotatable bonds is 4. The van der Waals surface area contributed by atoms with Crippen LogP contribution in [0.4, 0.5) is 14.5 Å². The second-order valence-corrected chi connectivity index (χ2v) is 4.87. The predicted octanol–water partition coefficient (Wildman–Crippen LogP) is 4.10. The summed E-state index contributed by atoms with van der Waals surface area (Å²) in [5.74, 6) is -1.35. The minimum atomic E-state index is -0.657. The molecule has 0 aliphatic carbocycles. The summed E-state index contributed by atoms with van der Waals surface area (Å²) in [5, 5.41) is 2.37. The van der Waals surface area contributed by atoms with E-state index in [0.29, 0.717) is 6.42 Å². The summed E-state index contributed by atoms with van der Waals surface area (Å²) in [7, 11) is 0. The summed E-state index contributed by atoms with van der Waals surface area (Å²) in [5.41, 5.74) is -0.126. The number of halogens is 3. The fourth-order valence-electron chi connectivity index (χ4n) is 1.28. The molecule has 1 amide bonds. The van der Waals surface area contributed by atoms with Gasteiger partial charge in [-0.3, -0.25) is 4.79 Å². The largest absolute Gasteiger partial charge is 0.324 e. The van der Waals surface area contributed by atoms with Gasteiger partial charge >= 0.3 is 0 Å². The van der Waals surface area contributed by atoms with E-state index in [2.05, 4.69) is 21.2 Å². The van der Waals surface area contributed by atoms with Gasteiger partial charge in [0.1, 0.15) is 11.6 Å². The highest BCUT2D eigenvalue weighted by molar-refractivity contribution is 9.10. The predicted molar refractivity (Wildman–Crippen MR) is 66.8 cm³/mol. The summed E-state index contributed by atoms with van der Waals surface area (Å²) in [6.45, 7) is 3.90. The molecular formula is C12H14BrF2NO. The minimum Gasteiger partial charge on any atom is -0.324 e. The van der Waals surface area contributed by atoms with E-state index in [1.54, 1.807) is 0 Å². The number of carbonyl (C=O) groups excluding carboxylic acids is 1. The van der Waals surface area contributed by atoms with Crippen LogP contribution in [0.25, 0.3) is 0 Å². The van der Waals surface area contributed by atoms with E-state index in [1.807, 2.05) is 13.8 Å². The van der Waals surface area contributed by atoms with Crippen LogP contribution >= 0.6 is 15.9 Å². The highest BCUT2D eigenvalue weighted by Gasteiger charge is 2.12. The van der Waals surface area contributed by atoms with Crippen molar-refractivity contribution in [2.45, 2.75) is 26.7 Å².